The summed E-state index contributed by atoms with van der Waals surface area (Å²) in [6, 6.07) is 14.1. The van der Waals surface area contributed by atoms with E-state index in [2.05, 4.69) is 10.6 Å². The number of carbonyl (C=O) groups excluding carboxylic acids is 1. The highest BCUT2D eigenvalue weighted by Gasteiger charge is 2.13. The molecule has 114 valence electrons. The first-order valence-electron chi connectivity index (χ1n) is 6.70. The summed E-state index contributed by atoms with van der Waals surface area (Å²) in [5.74, 6) is 0.177. The molecule has 0 fully saturated rings. The third-order valence-corrected chi connectivity index (χ3v) is 3.31. The van der Waals surface area contributed by atoms with Gasteiger partial charge in [0.05, 0.1) is 22.9 Å². The standard InChI is InChI=1S/C16H15ClN2O2S/c1-2-21-14-10-6-3-7-11(14)15(20)19-16(22)18-13-9-5-4-8-12(13)17/h3-10H,2H2,1H3,(H2,18,19,20,22). The first-order valence-corrected chi connectivity index (χ1v) is 7.49. The van der Waals surface area contributed by atoms with Crippen LogP contribution in [0.2, 0.25) is 5.02 Å². The van der Waals surface area contributed by atoms with E-state index >= 15 is 0 Å². The zero-order chi connectivity index (χ0) is 15.9. The number of rotatable bonds is 4. The van der Waals surface area contributed by atoms with E-state index in [9.17, 15) is 4.79 Å². The van der Waals surface area contributed by atoms with Crippen molar-refractivity contribution in [2.75, 3.05) is 11.9 Å². The van der Waals surface area contributed by atoms with Gasteiger partial charge in [-0.25, -0.2) is 0 Å². The topological polar surface area (TPSA) is 50.4 Å². The minimum Gasteiger partial charge on any atom is -0.493 e. The Morgan fingerprint density at radius 1 is 1.18 bits per heavy atom. The summed E-state index contributed by atoms with van der Waals surface area (Å²) in [5.41, 5.74) is 1.06. The van der Waals surface area contributed by atoms with E-state index in [4.69, 9.17) is 28.6 Å². The molecule has 1 amide bonds. The van der Waals surface area contributed by atoms with Gasteiger partial charge >= 0.3 is 0 Å². The lowest BCUT2D eigenvalue weighted by molar-refractivity contribution is 0.0974. The maximum absolute atomic E-state index is 12.3. The van der Waals surface area contributed by atoms with Crippen LogP contribution in [0.5, 0.6) is 5.75 Å². The summed E-state index contributed by atoms with van der Waals surface area (Å²) in [5, 5.41) is 6.20. The lowest BCUT2D eigenvalue weighted by Crippen LogP contribution is -2.34. The molecular weight excluding hydrogens is 320 g/mol. The number of thiocarbonyl (C=S) groups is 1. The van der Waals surface area contributed by atoms with Crippen LogP contribution in [-0.2, 0) is 0 Å². The molecule has 2 aromatic rings. The Balaban J connectivity index is 2.06. The van der Waals surface area contributed by atoms with E-state index in [1.807, 2.05) is 25.1 Å². The third-order valence-electron chi connectivity index (χ3n) is 2.78. The molecule has 0 unspecified atom stereocenters. The summed E-state index contributed by atoms with van der Waals surface area (Å²) in [6.07, 6.45) is 0. The summed E-state index contributed by atoms with van der Waals surface area (Å²) in [7, 11) is 0. The lowest BCUT2D eigenvalue weighted by atomic mass is 10.2. The molecule has 0 saturated heterocycles. The Bertz CT molecular complexity index is 691. The van der Waals surface area contributed by atoms with E-state index in [0.717, 1.165) is 0 Å². The van der Waals surface area contributed by atoms with Crippen LogP contribution in [0.25, 0.3) is 0 Å². The fraction of sp³-hybridized carbons (Fsp3) is 0.125. The Hall–Kier alpha value is -2.11. The van der Waals surface area contributed by atoms with Crippen molar-refractivity contribution in [2.45, 2.75) is 6.92 Å². The van der Waals surface area contributed by atoms with Gasteiger partial charge in [0.1, 0.15) is 5.75 Å². The van der Waals surface area contributed by atoms with Gasteiger partial charge in [-0.1, -0.05) is 35.9 Å². The van der Waals surface area contributed by atoms with Crippen LogP contribution >= 0.6 is 23.8 Å². The van der Waals surface area contributed by atoms with E-state index in [0.29, 0.717) is 28.6 Å². The second-order valence-electron chi connectivity index (χ2n) is 4.32. The smallest absolute Gasteiger partial charge is 0.261 e. The normalized spacial score (nSPS) is 9.91. The molecule has 0 aliphatic rings. The number of hydrogen-bond acceptors (Lipinski definition) is 3. The fourth-order valence-corrected chi connectivity index (χ4v) is 2.21. The van der Waals surface area contributed by atoms with Gasteiger partial charge < -0.3 is 10.1 Å². The molecule has 0 spiro atoms. The average molecular weight is 335 g/mol. The molecule has 0 aliphatic carbocycles. The van der Waals surface area contributed by atoms with Crippen molar-refractivity contribution in [3.8, 4) is 5.75 Å². The largest absolute Gasteiger partial charge is 0.493 e. The highest BCUT2D eigenvalue weighted by Crippen LogP contribution is 2.21. The van der Waals surface area contributed by atoms with Crippen molar-refractivity contribution in [3.05, 3.63) is 59.1 Å². The van der Waals surface area contributed by atoms with Gasteiger partial charge in [-0.15, -0.1) is 0 Å². The van der Waals surface area contributed by atoms with Crippen molar-refractivity contribution in [2.24, 2.45) is 0 Å². The molecule has 0 heterocycles. The average Bonchev–Trinajstić information content (AvgIpc) is 2.50. The molecular formula is C16H15ClN2O2S. The maximum Gasteiger partial charge on any atom is 0.261 e. The summed E-state index contributed by atoms with van der Waals surface area (Å²) < 4.78 is 5.43. The highest BCUT2D eigenvalue weighted by molar-refractivity contribution is 7.80. The van der Waals surface area contributed by atoms with E-state index < -0.39 is 0 Å². The molecule has 0 saturated carbocycles. The van der Waals surface area contributed by atoms with E-state index in [-0.39, 0.29) is 11.0 Å². The quantitative estimate of drug-likeness (QED) is 0.833. The molecule has 0 aliphatic heterocycles. The Kier molecular flexibility index (Phi) is 5.75. The van der Waals surface area contributed by atoms with Gasteiger partial charge in [-0.3, -0.25) is 10.1 Å². The maximum atomic E-state index is 12.3. The van der Waals surface area contributed by atoms with Crippen molar-refractivity contribution < 1.29 is 9.53 Å². The minimum atomic E-state index is -0.339. The number of benzene rings is 2. The van der Waals surface area contributed by atoms with Crippen molar-refractivity contribution >= 4 is 40.5 Å². The number of amides is 1. The predicted octanol–water partition coefficient (Wildman–Crippen LogP) is 3.87. The first-order chi connectivity index (χ1) is 10.6. The van der Waals surface area contributed by atoms with Crippen LogP contribution in [0.3, 0.4) is 0 Å². The van der Waals surface area contributed by atoms with E-state index in [1.165, 1.54) is 0 Å². The fourth-order valence-electron chi connectivity index (χ4n) is 1.82. The molecule has 2 rings (SSSR count). The lowest BCUT2D eigenvalue weighted by Gasteiger charge is -2.12. The van der Waals surface area contributed by atoms with Crippen LogP contribution in [-0.4, -0.2) is 17.6 Å². The van der Waals surface area contributed by atoms with Crippen LogP contribution in [0.1, 0.15) is 17.3 Å². The third kappa shape index (κ3) is 4.19. The van der Waals surface area contributed by atoms with Gasteiger partial charge in [0.15, 0.2) is 5.11 Å². The SMILES string of the molecule is CCOc1ccccc1C(=O)NC(=S)Nc1ccccc1Cl. The van der Waals surface area contributed by atoms with Gasteiger partial charge in [-0.2, -0.15) is 0 Å². The van der Waals surface area contributed by atoms with Gasteiger partial charge in [0.25, 0.3) is 5.91 Å². The highest BCUT2D eigenvalue weighted by atomic mass is 35.5. The second kappa shape index (κ2) is 7.77. The number of ether oxygens (including phenoxy) is 1. The molecule has 4 nitrogen and oxygen atoms in total. The monoisotopic (exact) mass is 334 g/mol. The van der Waals surface area contributed by atoms with Crippen molar-refractivity contribution in [1.82, 2.24) is 5.32 Å². The molecule has 0 atom stereocenters. The number of para-hydroxylation sites is 2. The number of anilines is 1. The Labute approximate surface area is 139 Å². The van der Waals surface area contributed by atoms with Gasteiger partial charge in [0.2, 0.25) is 0 Å². The first kappa shape index (κ1) is 16.3. The van der Waals surface area contributed by atoms with Crippen LogP contribution < -0.4 is 15.4 Å². The summed E-state index contributed by atoms with van der Waals surface area (Å²) in [4.78, 5) is 12.3. The van der Waals surface area contributed by atoms with Crippen LogP contribution in [0.15, 0.2) is 48.5 Å². The molecule has 0 aromatic heterocycles. The molecule has 0 bridgehead atoms. The van der Waals surface area contributed by atoms with E-state index in [1.54, 1.807) is 30.3 Å². The number of hydrogen-bond donors (Lipinski definition) is 2. The van der Waals surface area contributed by atoms with Crippen LogP contribution in [0.4, 0.5) is 5.69 Å². The zero-order valence-electron chi connectivity index (χ0n) is 11.9. The van der Waals surface area contributed by atoms with Crippen LogP contribution in [0, 0.1) is 0 Å². The molecule has 22 heavy (non-hydrogen) atoms. The Morgan fingerprint density at radius 3 is 2.59 bits per heavy atom. The van der Waals surface area contributed by atoms with Gasteiger partial charge in [-0.05, 0) is 43.4 Å². The minimum absolute atomic E-state index is 0.171. The zero-order valence-corrected chi connectivity index (χ0v) is 13.5. The molecule has 2 N–H and O–H groups in total. The molecule has 6 heteroatoms. The molecule has 2 aromatic carbocycles. The summed E-state index contributed by atoms with van der Waals surface area (Å²) >= 11 is 11.2. The predicted molar refractivity (Wildman–Crippen MR) is 92.7 cm³/mol. The number of carbonyl (C=O) groups is 1. The summed E-state index contributed by atoms with van der Waals surface area (Å²) in [6.45, 7) is 2.34. The van der Waals surface area contributed by atoms with Gasteiger partial charge in [0, 0.05) is 0 Å². The molecule has 0 radical (unpaired) electrons. The number of halogens is 1. The second-order valence-corrected chi connectivity index (χ2v) is 5.13. The Morgan fingerprint density at radius 2 is 1.86 bits per heavy atom. The number of nitrogens with one attached hydrogen (secondary N) is 2. The van der Waals surface area contributed by atoms with Crippen molar-refractivity contribution in [1.29, 1.82) is 0 Å². The van der Waals surface area contributed by atoms with Crippen molar-refractivity contribution in [3.63, 3.8) is 0 Å².